The van der Waals surface area contributed by atoms with Crippen molar-refractivity contribution in [3.8, 4) is 0 Å². The molecule has 0 saturated carbocycles. The second-order valence-corrected chi connectivity index (χ2v) is 8.90. The van der Waals surface area contributed by atoms with Gasteiger partial charge in [-0.15, -0.1) is 0 Å². The molecule has 0 amide bonds. The normalized spacial score (nSPS) is 19.1. The maximum atomic E-state index is 4.83. The van der Waals surface area contributed by atoms with Gasteiger partial charge in [-0.1, -0.05) is 35.4 Å². The Kier molecular flexibility index (Phi) is 7.92. The predicted molar refractivity (Wildman–Crippen MR) is 102 cm³/mol. The molecule has 1 aromatic carbocycles. The van der Waals surface area contributed by atoms with E-state index in [0.29, 0.717) is 5.92 Å². The first-order valence-corrected chi connectivity index (χ1v) is 12.1. The van der Waals surface area contributed by atoms with Crippen molar-refractivity contribution in [3.63, 3.8) is 0 Å². The number of hydrogen-bond donors (Lipinski definition) is 0. The van der Waals surface area contributed by atoms with Gasteiger partial charge >= 0.3 is 33.5 Å². The summed E-state index contributed by atoms with van der Waals surface area (Å²) in [7, 11) is 9.65. The fourth-order valence-electron chi connectivity index (χ4n) is 3.96. The van der Waals surface area contributed by atoms with Gasteiger partial charge in [-0.05, 0) is 75.9 Å². The topological polar surface area (TPSA) is 3.24 Å². The van der Waals surface area contributed by atoms with E-state index >= 15 is 0 Å². The molecule has 1 aliphatic carbocycles. The fraction of sp³-hybridized carbons (Fsp3) is 0.500. The molecule has 132 valence electrons. The minimum absolute atomic E-state index is 0.181. The summed E-state index contributed by atoms with van der Waals surface area (Å²) < 4.78 is 0. The van der Waals surface area contributed by atoms with E-state index in [1.54, 1.807) is 11.1 Å². The number of rotatable bonds is 3. The first-order chi connectivity index (χ1) is 11.5. The molecule has 0 unspecified atom stereocenters. The Hall–Kier alpha value is -0.228. The van der Waals surface area contributed by atoms with Gasteiger partial charge in [0.15, 0.2) is 0 Å². The number of likely N-dealkylation sites (tertiary alicyclic amines) is 1. The summed E-state index contributed by atoms with van der Waals surface area (Å²) in [6.07, 6.45) is 2.73. The van der Waals surface area contributed by atoms with Crippen molar-refractivity contribution in [1.29, 1.82) is 0 Å². The van der Waals surface area contributed by atoms with Crippen molar-refractivity contribution in [2.24, 2.45) is 0 Å². The third-order valence-electron chi connectivity index (χ3n) is 5.57. The quantitative estimate of drug-likeness (QED) is 0.561. The van der Waals surface area contributed by atoms with Crippen LogP contribution >= 0.6 is 20.1 Å². The van der Waals surface area contributed by atoms with Crippen molar-refractivity contribution in [2.75, 3.05) is 13.1 Å². The Morgan fingerprint density at radius 2 is 1.46 bits per heavy atom. The zero-order valence-electron chi connectivity index (χ0n) is 15.0. The third kappa shape index (κ3) is 4.48. The zero-order valence-corrected chi connectivity index (χ0v) is 17.8. The van der Waals surface area contributed by atoms with Crippen molar-refractivity contribution >= 4 is 20.1 Å². The molecule has 1 saturated heterocycles. The van der Waals surface area contributed by atoms with Crippen LogP contribution in [-0.4, -0.2) is 18.0 Å². The molecule has 1 heterocycles. The van der Waals surface area contributed by atoms with Crippen LogP contribution in [0.5, 0.6) is 0 Å². The van der Waals surface area contributed by atoms with E-state index in [2.05, 4.69) is 56.9 Å². The maximum absolute atomic E-state index is 4.83. The average Bonchev–Trinajstić information content (AvgIpc) is 3.14. The van der Waals surface area contributed by atoms with Crippen LogP contribution in [0.25, 0.3) is 0 Å². The SMILES string of the molecule is CC1=C(C)C(c2ccccc2CN2CCCC2)C(C)=C1C.[Cl][Cr][Cl]. The van der Waals surface area contributed by atoms with Crippen LogP contribution in [0.3, 0.4) is 0 Å². The molecule has 0 spiro atoms. The van der Waals surface area contributed by atoms with Gasteiger partial charge in [0, 0.05) is 12.5 Å². The molecule has 1 aliphatic heterocycles. The molecule has 24 heavy (non-hydrogen) atoms. The van der Waals surface area contributed by atoms with Crippen LogP contribution in [-0.2, 0) is 19.9 Å². The molecule has 0 atom stereocenters. The fourth-order valence-corrected chi connectivity index (χ4v) is 3.96. The number of nitrogens with zero attached hydrogens (tertiary/aromatic N) is 1. The van der Waals surface area contributed by atoms with Gasteiger partial charge in [0.25, 0.3) is 0 Å². The van der Waals surface area contributed by atoms with E-state index in [0.717, 1.165) is 6.54 Å². The van der Waals surface area contributed by atoms with Crippen LogP contribution in [0.2, 0.25) is 0 Å². The number of halogens is 2. The summed E-state index contributed by atoms with van der Waals surface area (Å²) in [5, 5.41) is 0. The molecule has 3 rings (SSSR count). The number of benzene rings is 1. The molecule has 1 aromatic rings. The Morgan fingerprint density at radius 3 is 2.00 bits per heavy atom. The second kappa shape index (κ2) is 9.46. The molecule has 1 nitrogen and oxygen atoms in total. The van der Waals surface area contributed by atoms with Crippen LogP contribution in [0, 0.1) is 0 Å². The Morgan fingerprint density at radius 1 is 0.958 bits per heavy atom. The van der Waals surface area contributed by atoms with E-state index < -0.39 is 0 Å². The molecule has 0 N–H and O–H groups in total. The van der Waals surface area contributed by atoms with Crippen LogP contribution in [0.4, 0.5) is 0 Å². The molecule has 0 bridgehead atoms. The van der Waals surface area contributed by atoms with Crippen molar-refractivity contribution in [1.82, 2.24) is 4.90 Å². The zero-order chi connectivity index (χ0) is 17.7. The number of allylic oxidation sites excluding steroid dienone is 4. The average molecular weight is 404 g/mol. The minimum atomic E-state index is -0.181. The third-order valence-corrected chi connectivity index (χ3v) is 5.57. The first-order valence-electron chi connectivity index (χ1n) is 8.55. The molecular formula is C20H27Cl2CrN. The molecule has 4 heteroatoms. The summed E-state index contributed by atoms with van der Waals surface area (Å²) in [4.78, 5) is 2.60. The van der Waals surface area contributed by atoms with E-state index in [-0.39, 0.29) is 13.4 Å². The Bertz CT molecular complexity index is 606. The second-order valence-electron chi connectivity index (χ2n) is 6.79. The summed E-state index contributed by atoms with van der Waals surface area (Å²) in [6, 6.07) is 9.07. The standard InChI is InChI=1S/C20H27N.2ClH.Cr/c1-14-15(2)17(4)20(16(14)3)19-10-6-5-9-18(19)13-21-11-7-8-12-21;;;/h5-6,9-10,20H,7-8,11-13H2,1-4H3;2*1H;/q;;;+2/p-2. The first kappa shape index (κ1) is 20.1. The van der Waals surface area contributed by atoms with E-state index in [4.69, 9.17) is 20.1 Å². The van der Waals surface area contributed by atoms with Crippen LogP contribution < -0.4 is 0 Å². The van der Waals surface area contributed by atoms with Gasteiger partial charge in [0.1, 0.15) is 0 Å². The summed E-state index contributed by atoms with van der Waals surface area (Å²) in [6.45, 7) is 12.8. The summed E-state index contributed by atoms with van der Waals surface area (Å²) in [5.41, 5.74) is 9.11. The summed E-state index contributed by atoms with van der Waals surface area (Å²) in [5.74, 6) is 0.504. The van der Waals surface area contributed by atoms with Crippen molar-refractivity contribution in [3.05, 3.63) is 57.7 Å². The molecule has 2 aliphatic rings. The van der Waals surface area contributed by atoms with E-state index in [1.165, 1.54) is 48.2 Å². The molecule has 0 radical (unpaired) electrons. The van der Waals surface area contributed by atoms with Gasteiger partial charge < -0.3 is 0 Å². The van der Waals surface area contributed by atoms with Crippen LogP contribution in [0.1, 0.15) is 57.6 Å². The molecule has 0 aromatic heterocycles. The van der Waals surface area contributed by atoms with Gasteiger partial charge in [0.05, 0.1) is 0 Å². The van der Waals surface area contributed by atoms with Crippen LogP contribution in [0.15, 0.2) is 46.6 Å². The monoisotopic (exact) mass is 403 g/mol. The van der Waals surface area contributed by atoms with Crippen molar-refractivity contribution < 1.29 is 13.4 Å². The summed E-state index contributed by atoms with van der Waals surface area (Å²) >= 11 is -0.181. The molecular weight excluding hydrogens is 377 g/mol. The van der Waals surface area contributed by atoms with Gasteiger partial charge in [0.2, 0.25) is 0 Å². The van der Waals surface area contributed by atoms with Gasteiger partial charge in [-0.3, -0.25) is 4.90 Å². The van der Waals surface area contributed by atoms with Crippen molar-refractivity contribution in [2.45, 2.75) is 53.0 Å². The Balaban J connectivity index is 0.000000647. The predicted octanol–water partition coefficient (Wildman–Crippen LogP) is 6.43. The van der Waals surface area contributed by atoms with Gasteiger partial charge in [-0.2, -0.15) is 0 Å². The van der Waals surface area contributed by atoms with E-state index in [9.17, 15) is 0 Å². The molecule has 1 fully saturated rings. The van der Waals surface area contributed by atoms with Gasteiger partial charge in [-0.25, -0.2) is 0 Å². The Labute approximate surface area is 161 Å². The number of hydrogen-bond acceptors (Lipinski definition) is 1. The van der Waals surface area contributed by atoms with E-state index in [1.807, 2.05) is 0 Å².